The molecular weight excluding hydrogens is 412 g/mol. The highest BCUT2D eigenvalue weighted by Crippen LogP contribution is 2.69. The van der Waals surface area contributed by atoms with E-state index in [0.29, 0.717) is 23.0 Å². The Morgan fingerprint density at radius 2 is 1.55 bits per heavy atom. The summed E-state index contributed by atoms with van der Waals surface area (Å²) in [6, 6.07) is 0. The van der Waals surface area contributed by atoms with E-state index in [4.69, 9.17) is 13.9 Å². The molecule has 6 nitrogen and oxygen atoms in total. The maximum atomic E-state index is 13.0. The van der Waals surface area contributed by atoms with Gasteiger partial charge < -0.3 is 13.9 Å². The highest BCUT2D eigenvalue weighted by atomic mass is 28.4. The van der Waals surface area contributed by atoms with Crippen LogP contribution in [0.25, 0.3) is 0 Å². The topological polar surface area (TPSA) is 78.9 Å². The first-order chi connectivity index (χ1) is 14.2. The highest BCUT2D eigenvalue weighted by molar-refractivity contribution is 6.77. The predicted octanol–water partition coefficient (Wildman–Crippen LogP) is 4.80. The third-order valence-corrected chi connectivity index (χ3v) is 15.3. The van der Waals surface area contributed by atoms with Crippen molar-refractivity contribution in [1.82, 2.24) is 0 Å². The van der Waals surface area contributed by atoms with Crippen LogP contribution in [0, 0.1) is 16.7 Å². The number of Topliss-reactive ketones (excluding diaryl/α,β-unsaturated/α-hetero) is 1. The predicted molar refractivity (Wildman–Crippen MR) is 120 cm³/mol. The molecule has 0 radical (unpaired) electrons. The molecule has 1 aliphatic carbocycles. The number of carbonyl (C=O) groups is 3. The van der Waals surface area contributed by atoms with Gasteiger partial charge in [-0.3, -0.25) is 14.4 Å². The van der Waals surface area contributed by atoms with Crippen LogP contribution in [0.4, 0.5) is 0 Å². The summed E-state index contributed by atoms with van der Waals surface area (Å²) >= 11 is 0. The monoisotopic (exact) mass is 452 g/mol. The summed E-state index contributed by atoms with van der Waals surface area (Å²) in [6.07, 6.45) is 0.484. The lowest BCUT2D eigenvalue weighted by atomic mass is 9.57. The lowest BCUT2D eigenvalue weighted by Gasteiger charge is -2.47. The molecule has 0 amide bonds. The molecule has 0 aromatic carbocycles. The van der Waals surface area contributed by atoms with Gasteiger partial charge in [-0.1, -0.05) is 48.5 Å². The first-order valence-corrected chi connectivity index (χ1v) is 13.9. The quantitative estimate of drug-likeness (QED) is 0.425. The summed E-state index contributed by atoms with van der Waals surface area (Å²) in [5, 5.41) is 0. The van der Waals surface area contributed by atoms with E-state index in [9.17, 15) is 14.4 Å². The molecule has 0 unspecified atom stereocenters. The van der Waals surface area contributed by atoms with E-state index >= 15 is 0 Å². The second-order valence-electron chi connectivity index (χ2n) is 11.3. The second-order valence-corrected chi connectivity index (χ2v) is 16.7. The molecule has 0 aromatic rings. The van der Waals surface area contributed by atoms with Gasteiger partial charge in [0.25, 0.3) is 0 Å². The number of rotatable bonds is 6. The minimum atomic E-state index is -2.21. The smallest absolute Gasteiger partial charge is 0.307 e. The summed E-state index contributed by atoms with van der Waals surface area (Å²) in [5.74, 6) is -0.909. The van der Waals surface area contributed by atoms with E-state index in [1.54, 1.807) is 6.92 Å². The summed E-state index contributed by atoms with van der Waals surface area (Å²) < 4.78 is 18.8. The molecule has 2 saturated heterocycles. The number of cyclic esters (lactones) is 1. The van der Waals surface area contributed by atoms with E-state index in [1.807, 2.05) is 0 Å². The van der Waals surface area contributed by atoms with Crippen molar-refractivity contribution < 1.29 is 28.3 Å². The van der Waals surface area contributed by atoms with Crippen molar-refractivity contribution in [2.75, 3.05) is 6.61 Å². The number of esters is 2. The van der Waals surface area contributed by atoms with Crippen molar-refractivity contribution in [2.45, 2.75) is 110 Å². The van der Waals surface area contributed by atoms with Crippen molar-refractivity contribution >= 4 is 26.0 Å². The number of carbonyl (C=O) groups excluding carboxylic acids is 3. The van der Waals surface area contributed by atoms with Gasteiger partial charge in [0.2, 0.25) is 8.32 Å². The van der Waals surface area contributed by atoms with Crippen LogP contribution in [0.1, 0.15) is 81.6 Å². The zero-order valence-corrected chi connectivity index (χ0v) is 21.7. The fourth-order valence-corrected chi connectivity index (χ4v) is 13.1. The molecular formula is C24H40O6Si. The zero-order chi connectivity index (χ0) is 23.6. The van der Waals surface area contributed by atoms with Crippen LogP contribution in [0.2, 0.25) is 16.6 Å². The van der Waals surface area contributed by atoms with E-state index in [-0.39, 0.29) is 49.2 Å². The van der Waals surface area contributed by atoms with Gasteiger partial charge >= 0.3 is 11.9 Å². The molecule has 176 valence electrons. The lowest BCUT2D eigenvalue weighted by molar-refractivity contribution is -0.178. The van der Waals surface area contributed by atoms with Crippen molar-refractivity contribution in [3.05, 3.63) is 0 Å². The largest absolute Gasteiger partial charge is 0.464 e. The van der Waals surface area contributed by atoms with Gasteiger partial charge in [0.1, 0.15) is 23.4 Å². The lowest BCUT2D eigenvalue weighted by Crippen LogP contribution is -2.58. The Morgan fingerprint density at radius 1 is 1.03 bits per heavy atom. The molecule has 2 heterocycles. The summed E-state index contributed by atoms with van der Waals surface area (Å²) in [7, 11) is -2.21. The van der Waals surface area contributed by atoms with Crippen LogP contribution < -0.4 is 0 Å². The number of hydrogen-bond acceptors (Lipinski definition) is 6. The fourth-order valence-electron chi connectivity index (χ4n) is 7.43. The van der Waals surface area contributed by atoms with Crippen LogP contribution in [-0.4, -0.2) is 44.4 Å². The number of ketones is 1. The maximum Gasteiger partial charge on any atom is 0.307 e. The summed E-state index contributed by atoms with van der Waals surface area (Å²) in [6.45, 7) is 18.8. The first-order valence-electron chi connectivity index (χ1n) is 11.8. The van der Waals surface area contributed by atoms with E-state index in [0.717, 1.165) is 0 Å². The number of hydrogen-bond donors (Lipinski definition) is 0. The first kappa shape index (κ1) is 24.4. The van der Waals surface area contributed by atoms with E-state index in [1.165, 1.54) is 6.92 Å². The van der Waals surface area contributed by atoms with Crippen molar-refractivity contribution in [2.24, 2.45) is 16.7 Å². The van der Waals surface area contributed by atoms with Gasteiger partial charge in [0, 0.05) is 11.8 Å². The minimum absolute atomic E-state index is 0.0588. The molecule has 7 heteroatoms. The third kappa shape index (κ3) is 3.09. The Labute approximate surface area is 187 Å². The second kappa shape index (κ2) is 7.68. The molecule has 0 spiro atoms. The Kier molecular flexibility index (Phi) is 6.05. The molecule has 0 bridgehead atoms. The summed E-state index contributed by atoms with van der Waals surface area (Å²) in [5.41, 5.74) is -1.72. The average molecular weight is 453 g/mol. The standard InChI is InChI=1S/C24H40O6Si/c1-14(2)31(15(3)4,16(5)6)30-19-10-24-22(9,18(8)25)13-28-20(26)11-23(24,17(19)7)12-21(27)29-24/h14-17,19H,10-13H2,1-9H3/t17-,19-,22+,23-,24-/m1/s1. The molecule has 0 aromatic heterocycles. The average Bonchev–Trinajstić information content (AvgIpc) is 3.01. The summed E-state index contributed by atoms with van der Waals surface area (Å²) in [4.78, 5) is 38.4. The van der Waals surface area contributed by atoms with Gasteiger partial charge in [0.15, 0.2) is 0 Å². The minimum Gasteiger partial charge on any atom is -0.464 e. The van der Waals surface area contributed by atoms with Gasteiger partial charge in [-0.2, -0.15) is 0 Å². The fraction of sp³-hybridized carbons (Fsp3) is 0.875. The van der Waals surface area contributed by atoms with Crippen LogP contribution in [0.3, 0.4) is 0 Å². The Bertz CT molecular complexity index is 754. The van der Waals surface area contributed by atoms with Gasteiger partial charge in [-0.15, -0.1) is 0 Å². The van der Waals surface area contributed by atoms with Crippen molar-refractivity contribution in [3.63, 3.8) is 0 Å². The molecule has 3 aliphatic rings. The van der Waals surface area contributed by atoms with Crippen molar-refractivity contribution in [3.8, 4) is 0 Å². The van der Waals surface area contributed by atoms with Crippen LogP contribution in [0.5, 0.6) is 0 Å². The zero-order valence-electron chi connectivity index (χ0n) is 20.7. The Hall–Kier alpha value is -1.21. The third-order valence-electron chi connectivity index (χ3n) is 9.18. The molecule has 2 aliphatic heterocycles. The van der Waals surface area contributed by atoms with Crippen LogP contribution in [0.15, 0.2) is 0 Å². The SMILES string of the molecule is CC(=O)[C@]1(C)COC(=O)C[C@]23CC(=O)O[C@@]21C[C@@H](O[Si](C(C)C)(C(C)C)C(C)C)[C@H]3C. The highest BCUT2D eigenvalue weighted by Gasteiger charge is 2.78. The van der Waals surface area contributed by atoms with Gasteiger partial charge in [-0.05, 0) is 36.4 Å². The molecule has 1 saturated carbocycles. The van der Waals surface area contributed by atoms with Crippen molar-refractivity contribution in [1.29, 1.82) is 0 Å². The molecule has 0 N–H and O–H groups in total. The van der Waals surface area contributed by atoms with Crippen LogP contribution in [-0.2, 0) is 28.3 Å². The molecule has 31 heavy (non-hydrogen) atoms. The normalized spacial score (nSPS) is 38.2. The van der Waals surface area contributed by atoms with E-state index in [2.05, 4.69) is 48.5 Å². The van der Waals surface area contributed by atoms with Gasteiger partial charge in [-0.25, -0.2) is 0 Å². The van der Waals surface area contributed by atoms with Gasteiger partial charge in [0.05, 0.1) is 18.9 Å². The van der Waals surface area contributed by atoms with E-state index < -0.39 is 24.7 Å². The van der Waals surface area contributed by atoms with Crippen LogP contribution >= 0.6 is 0 Å². The Balaban J connectivity index is 2.16. The molecule has 3 fully saturated rings. The number of ether oxygens (including phenoxy) is 2. The Morgan fingerprint density at radius 3 is 2.03 bits per heavy atom. The molecule has 5 atom stereocenters. The maximum absolute atomic E-state index is 13.0. The molecule has 3 rings (SSSR count).